The van der Waals surface area contributed by atoms with Crippen molar-refractivity contribution < 1.29 is 36.9 Å². The smallest absolute Gasteiger partial charge is 0.370 e. The number of alkyl halides is 3. The molecular formula is C23H30F3N7O5. The maximum atomic E-state index is 13.3. The number of urea groups is 1. The predicted molar refractivity (Wildman–Crippen MR) is 127 cm³/mol. The molecule has 38 heavy (non-hydrogen) atoms. The minimum atomic E-state index is -4.56. The minimum Gasteiger partial charge on any atom is -0.370 e. The Morgan fingerprint density at radius 3 is 2.61 bits per heavy atom. The summed E-state index contributed by atoms with van der Waals surface area (Å²) < 4.78 is 49.4. The van der Waals surface area contributed by atoms with Gasteiger partial charge in [0.15, 0.2) is 5.69 Å². The largest absolute Gasteiger partial charge is 0.410 e. The Kier molecular flexibility index (Phi) is 8.59. The lowest BCUT2D eigenvalue weighted by Crippen LogP contribution is -2.52. The SMILES string of the molecule is CCc1nonc1C(=O)N[C@H](C(=O)Nc1cc(CN2C[C@@H](C(F)(F)F)NC2=O)ccn1)[C@@H](C)OC(C)(C)C. The Balaban J connectivity index is 1.75. The summed E-state index contributed by atoms with van der Waals surface area (Å²) in [5.74, 6) is -1.28. The van der Waals surface area contributed by atoms with Crippen LogP contribution in [0.4, 0.5) is 23.8 Å². The molecule has 1 aliphatic rings. The van der Waals surface area contributed by atoms with E-state index in [-0.39, 0.29) is 18.1 Å². The number of anilines is 1. The summed E-state index contributed by atoms with van der Waals surface area (Å²) in [5.41, 5.74) is 0.0535. The maximum absolute atomic E-state index is 13.3. The number of hydrogen-bond donors (Lipinski definition) is 3. The Bertz CT molecular complexity index is 1160. The molecule has 4 amide bonds. The zero-order chi connectivity index (χ0) is 28.3. The van der Waals surface area contributed by atoms with E-state index in [1.807, 2.05) is 5.32 Å². The molecule has 0 bridgehead atoms. The normalized spacial score (nSPS) is 17.6. The van der Waals surface area contributed by atoms with Crippen molar-refractivity contribution in [3.8, 4) is 0 Å². The van der Waals surface area contributed by atoms with Crippen molar-refractivity contribution in [2.75, 3.05) is 11.9 Å². The second kappa shape index (κ2) is 11.3. The molecule has 3 atom stereocenters. The van der Waals surface area contributed by atoms with Gasteiger partial charge in [0.25, 0.3) is 11.8 Å². The number of rotatable bonds is 9. The van der Waals surface area contributed by atoms with E-state index in [2.05, 4.69) is 30.6 Å². The summed E-state index contributed by atoms with van der Waals surface area (Å²) in [6.45, 7) is 8.08. The first kappa shape index (κ1) is 28.8. The fourth-order valence-electron chi connectivity index (χ4n) is 3.82. The van der Waals surface area contributed by atoms with E-state index in [4.69, 9.17) is 4.74 Å². The summed E-state index contributed by atoms with van der Waals surface area (Å²) in [6, 6.07) is -1.06. The van der Waals surface area contributed by atoms with Gasteiger partial charge >= 0.3 is 12.2 Å². The number of nitrogens with zero attached hydrogens (tertiary/aromatic N) is 4. The number of aromatic nitrogens is 3. The van der Waals surface area contributed by atoms with Crippen molar-refractivity contribution in [1.82, 2.24) is 30.8 Å². The first-order valence-corrected chi connectivity index (χ1v) is 11.9. The van der Waals surface area contributed by atoms with Crippen LogP contribution in [-0.4, -0.2) is 74.6 Å². The number of aryl methyl sites for hydroxylation is 1. The van der Waals surface area contributed by atoms with Crippen molar-refractivity contribution in [2.45, 2.75) is 77.5 Å². The van der Waals surface area contributed by atoms with Gasteiger partial charge in [-0.25, -0.2) is 14.4 Å². The predicted octanol–water partition coefficient (Wildman–Crippen LogP) is 2.42. The third kappa shape index (κ3) is 7.40. The quantitative estimate of drug-likeness (QED) is 0.438. The summed E-state index contributed by atoms with van der Waals surface area (Å²) >= 11 is 0. The van der Waals surface area contributed by atoms with Crippen LogP contribution >= 0.6 is 0 Å². The Morgan fingerprint density at radius 2 is 2.00 bits per heavy atom. The molecule has 3 heterocycles. The molecule has 1 fully saturated rings. The molecule has 208 valence electrons. The van der Waals surface area contributed by atoms with Crippen LogP contribution in [-0.2, 0) is 22.5 Å². The molecule has 12 nitrogen and oxygen atoms in total. The van der Waals surface area contributed by atoms with Crippen molar-refractivity contribution in [3.63, 3.8) is 0 Å². The van der Waals surface area contributed by atoms with Crippen LogP contribution in [0.15, 0.2) is 23.0 Å². The molecule has 0 aromatic carbocycles. The number of carbonyl (C=O) groups is 3. The third-order valence-electron chi connectivity index (χ3n) is 5.52. The number of pyridine rings is 1. The first-order chi connectivity index (χ1) is 17.7. The third-order valence-corrected chi connectivity index (χ3v) is 5.52. The van der Waals surface area contributed by atoms with Crippen molar-refractivity contribution >= 4 is 23.7 Å². The van der Waals surface area contributed by atoms with Gasteiger partial charge in [-0.2, -0.15) is 13.2 Å². The second-order valence-electron chi connectivity index (χ2n) is 9.76. The lowest BCUT2D eigenvalue weighted by Gasteiger charge is -2.30. The molecule has 0 aliphatic carbocycles. The monoisotopic (exact) mass is 541 g/mol. The summed E-state index contributed by atoms with van der Waals surface area (Å²) in [7, 11) is 0. The van der Waals surface area contributed by atoms with Gasteiger partial charge in [0, 0.05) is 12.7 Å². The highest BCUT2D eigenvalue weighted by molar-refractivity contribution is 6.00. The van der Waals surface area contributed by atoms with Crippen LogP contribution in [0.3, 0.4) is 0 Å². The molecule has 0 unspecified atom stereocenters. The van der Waals surface area contributed by atoms with Crippen LogP contribution in [0, 0.1) is 0 Å². The van der Waals surface area contributed by atoms with Crippen LogP contribution in [0.1, 0.15) is 56.4 Å². The number of amides is 4. The van der Waals surface area contributed by atoms with Gasteiger partial charge in [0.05, 0.1) is 18.2 Å². The second-order valence-corrected chi connectivity index (χ2v) is 9.76. The Morgan fingerprint density at radius 1 is 1.29 bits per heavy atom. The molecule has 0 radical (unpaired) electrons. The average molecular weight is 542 g/mol. The van der Waals surface area contributed by atoms with E-state index in [9.17, 15) is 27.6 Å². The van der Waals surface area contributed by atoms with Crippen molar-refractivity contribution in [1.29, 1.82) is 0 Å². The molecule has 3 rings (SSSR count). The van der Waals surface area contributed by atoms with Gasteiger partial charge in [0.2, 0.25) is 0 Å². The van der Waals surface area contributed by atoms with Crippen LogP contribution in [0.5, 0.6) is 0 Å². The molecule has 1 saturated heterocycles. The molecule has 3 N–H and O–H groups in total. The van der Waals surface area contributed by atoms with Crippen LogP contribution in [0.2, 0.25) is 0 Å². The number of nitrogens with one attached hydrogen (secondary N) is 3. The van der Waals surface area contributed by atoms with E-state index < -0.39 is 54.4 Å². The van der Waals surface area contributed by atoms with Gasteiger partial charge < -0.3 is 25.6 Å². The molecule has 2 aromatic rings. The number of halogens is 3. The minimum absolute atomic E-state index is 0.0607. The number of ether oxygens (including phenoxy) is 1. The van der Waals surface area contributed by atoms with Gasteiger partial charge in [-0.05, 0) is 57.0 Å². The maximum Gasteiger partial charge on any atom is 0.410 e. The van der Waals surface area contributed by atoms with Gasteiger partial charge in [0.1, 0.15) is 23.6 Å². The van der Waals surface area contributed by atoms with Crippen LogP contribution < -0.4 is 16.0 Å². The Labute approximate surface area is 216 Å². The molecule has 0 saturated carbocycles. The fourth-order valence-corrected chi connectivity index (χ4v) is 3.82. The highest BCUT2D eigenvalue weighted by atomic mass is 19.4. The topological polar surface area (TPSA) is 152 Å². The molecular weight excluding hydrogens is 511 g/mol. The van der Waals surface area contributed by atoms with E-state index in [0.29, 0.717) is 17.7 Å². The van der Waals surface area contributed by atoms with Crippen molar-refractivity contribution in [3.05, 3.63) is 35.3 Å². The van der Waals surface area contributed by atoms with Gasteiger partial charge in [-0.1, -0.05) is 12.1 Å². The zero-order valence-electron chi connectivity index (χ0n) is 21.5. The standard InChI is InChI=1S/C23H30F3N7O5/c1-6-14-18(32-38-31-14)20(35)30-17(12(2)37-22(3,4)5)19(34)29-16-9-13(7-8-27-16)10-33-11-15(23(24,25)26)28-21(33)36/h7-9,12,15,17H,6,10-11H2,1-5H3,(H,28,36)(H,30,35)(H,27,29,34)/t12-,15+,17+/m1/s1. The summed E-state index contributed by atoms with van der Waals surface area (Å²) in [4.78, 5) is 43.2. The Hall–Kier alpha value is -3.75. The van der Waals surface area contributed by atoms with Crippen LogP contribution in [0.25, 0.3) is 0 Å². The van der Waals surface area contributed by atoms with E-state index in [1.165, 1.54) is 18.3 Å². The summed E-state index contributed by atoms with van der Waals surface area (Å²) in [6.07, 6.45) is -3.63. The molecule has 1 aliphatic heterocycles. The fraction of sp³-hybridized carbons (Fsp3) is 0.565. The van der Waals surface area contributed by atoms with E-state index in [0.717, 1.165) is 4.90 Å². The lowest BCUT2D eigenvalue weighted by atomic mass is 10.1. The van der Waals surface area contributed by atoms with E-state index >= 15 is 0 Å². The summed E-state index contributed by atoms with van der Waals surface area (Å²) in [5, 5.41) is 14.4. The average Bonchev–Trinajstić information content (AvgIpc) is 3.43. The van der Waals surface area contributed by atoms with E-state index in [1.54, 1.807) is 34.6 Å². The van der Waals surface area contributed by atoms with Gasteiger partial charge in [-0.15, -0.1) is 0 Å². The highest BCUT2D eigenvalue weighted by Gasteiger charge is 2.46. The lowest BCUT2D eigenvalue weighted by molar-refractivity contribution is -0.149. The number of hydrogen-bond acceptors (Lipinski definition) is 8. The molecule has 15 heteroatoms. The first-order valence-electron chi connectivity index (χ1n) is 11.9. The van der Waals surface area contributed by atoms with Crippen molar-refractivity contribution in [2.24, 2.45) is 0 Å². The molecule has 0 spiro atoms. The van der Waals surface area contributed by atoms with Gasteiger partial charge in [-0.3, -0.25) is 9.59 Å². The zero-order valence-corrected chi connectivity index (χ0v) is 21.5. The number of carbonyl (C=O) groups excluding carboxylic acids is 3. The highest BCUT2D eigenvalue weighted by Crippen LogP contribution is 2.25. The molecule has 2 aromatic heterocycles.